The molecule has 0 radical (unpaired) electrons. The highest BCUT2D eigenvalue weighted by atomic mass is 16.7. The Morgan fingerprint density at radius 1 is 1.14 bits per heavy atom. The molecule has 122 valence electrons. The number of rotatable bonds is 5. The van der Waals surface area contributed by atoms with E-state index in [0.717, 1.165) is 5.06 Å². The Kier molecular flexibility index (Phi) is 5.43. The number of hydroxylamine groups is 2. The standard InChI is InChI=1S/C16H23NO5/c1-9-10(2)14(19)12(11(3)13(9)18)7-8-16(4,21)15(20)17(5)22-6/h21H,7-8H2,1-6H3. The summed E-state index contributed by atoms with van der Waals surface area (Å²) < 4.78 is 0. The number of hydrogen-bond donors (Lipinski definition) is 1. The maximum absolute atomic E-state index is 12.3. The summed E-state index contributed by atoms with van der Waals surface area (Å²) in [6, 6.07) is 0. The first-order valence-electron chi connectivity index (χ1n) is 7.05. The van der Waals surface area contributed by atoms with Gasteiger partial charge in [-0.05, 0) is 40.5 Å². The number of aliphatic hydroxyl groups is 1. The van der Waals surface area contributed by atoms with Crippen LogP contribution in [-0.4, -0.2) is 47.4 Å². The van der Waals surface area contributed by atoms with Gasteiger partial charge >= 0.3 is 0 Å². The molecule has 1 aliphatic rings. The lowest BCUT2D eigenvalue weighted by atomic mass is 9.82. The van der Waals surface area contributed by atoms with Gasteiger partial charge < -0.3 is 5.11 Å². The van der Waals surface area contributed by atoms with Gasteiger partial charge in [0.25, 0.3) is 5.91 Å². The fourth-order valence-electron chi connectivity index (χ4n) is 2.35. The van der Waals surface area contributed by atoms with Crippen molar-refractivity contribution in [3.63, 3.8) is 0 Å². The van der Waals surface area contributed by atoms with E-state index in [1.165, 1.54) is 21.1 Å². The van der Waals surface area contributed by atoms with Crippen molar-refractivity contribution in [3.05, 3.63) is 22.3 Å². The molecule has 0 heterocycles. The zero-order valence-electron chi connectivity index (χ0n) is 13.9. The highest BCUT2D eigenvalue weighted by Crippen LogP contribution is 2.29. The van der Waals surface area contributed by atoms with E-state index in [1.54, 1.807) is 20.8 Å². The second-order valence-corrected chi connectivity index (χ2v) is 5.77. The molecule has 0 fully saturated rings. The lowest BCUT2D eigenvalue weighted by molar-refractivity contribution is -0.187. The summed E-state index contributed by atoms with van der Waals surface area (Å²) in [6.45, 7) is 6.21. The Bertz CT molecular complexity index is 583. The van der Waals surface area contributed by atoms with Gasteiger partial charge in [-0.2, -0.15) is 0 Å². The average molecular weight is 309 g/mol. The smallest absolute Gasteiger partial charge is 0.277 e. The number of allylic oxidation sites excluding steroid dienone is 4. The monoisotopic (exact) mass is 309 g/mol. The van der Waals surface area contributed by atoms with Gasteiger partial charge in [0.2, 0.25) is 0 Å². The Morgan fingerprint density at radius 2 is 1.64 bits per heavy atom. The molecule has 0 aliphatic heterocycles. The van der Waals surface area contributed by atoms with E-state index in [1.807, 2.05) is 0 Å². The van der Waals surface area contributed by atoms with E-state index >= 15 is 0 Å². The van der Waals surface area contributed by atoms with Crippen molar-refractivity contribution in [2.45, 2.75) is 46.1 Å². The van der Waals surface area contributed by atoms with Crippen molar-refractivity contribution in [2.24, 2.45) is 0 Å². The van der Waals surface area contributed by atoms with Crippen LogP contribution in [0.3, 0.4) is 0 Å². The molecule has 6 heteroatoms. The SMILES string of the molecule is CON(C)C(=O)C(C)(O)CCC1=C(C)C(=O)C(C)=C(C)C1=O. The van der Waals surface area contributed by atoms with Gasteiger partial charge in [-0.15, -0.1) is 0 Å². The largest absolute Gasteiger partial charge is 0.380 e. The minimum Gasteiger partial charge on any atom is -0.380 e. The number of carbonyl (C=O) groups excluding carboxylic acids is 3. The van der Waals surface area contributed by atoms with E-state index in [2.05, 4.69) is 0 Å². The predicted octanol–water partition coefficient (Wildman–Crippen LogP) is 1.34. The number of carbonyl (C=O) groups is 3. The molecule has 0 bridgehead atoms. The van der Waals surface area contributed by atoms with Crippen LogP contribution in [0.5, 0.6) is 0 Å². The summed E-state index contributed by atoms with van der Waals surface area (Å²) in [5, 5.41) is 11.2. The highest BCUT2D eigenvalue weighted by molar-refractivity contribution is 6.24. The van der Waals surface area contributed by atoms with E-state index in [9.17, 15) is 19.5 Å². The van der Waals surface area contributed by atoms with E-state index in [-0.39, 0.29) is 24.4 Å². The number of nitrogens with zero attached hydrogens (tertiary/aromatic N) is 1. The van der Waals surface area contributed by atoms with Crippen LogP contribution in [0.25, 0.3) is 0 Å². The number of likely N-dealkylation sites (N-methyl/N-ethyl adjacent to an activating group) is 1. The van der Waals surface area contributed by atoms with E-state index in [0.29, 0.717) is 22.3 Å². The van der Waals surface area contributed by atoms with Gasteiger partial charge in [0.05, 0.1) is 7.11 Å². The Labute approximate surface area is 130 Å². The summed E-state index contributed by atoms with van der Waals surface area (Å²) in [5.74, 6) is -0.962. The molecule has 6 nitrogen and oxygen atoms in total. The molecule has 1 atom stereocenters. The Balaban J connectivity index is 2.94. The molecule has 0 saturated carbocycles. The molecule has 1 amide bonds. The van der Waals surface area contributed by atoms with Crippen molar-refractivity contribution in [2.75, 3.05) is 14.2 Å². The minimum atomic E-state index is -1.68. The van der Waals surface area contributed by atoms with Gasteiger partial charge in [0.15, 0.2) is 11.6 Å². The number of amides is 1. The van der Waals surface area contributed by atoms with Crippen molar-refractivity contribution in [1.29, 1.82) is 0 Å². The lowest BCUT2D eigenvalue weighted by Crippen LogP contribution is -2.45. The predicted molar refractivity (Wildman–Crippen MR) is 80.7 cm³/mol. The Morgan fingerprint density at radius 3 is 2.14 bits per heavy atom. The van der Waals surface area contributed by atoms with Gasteiger partial charge in [-0.3, -0.25) is 19.2 Å². The third-order valence-electron chi connectivity index (χ3n) is 4.19. The van der Waals surface area contributed by atoms with Crippen molar-refractivity contribution in [1.82, 2.24) is 5.06 Å². The molecule has 0 spiro atoms. The fraction of sp³-hybridized carbons (Fsp3) is 0.562. The lowest BCUT2D eigenvalue weighted by Gasteiger charge is -2.27. The number of ketones is 2. The molecule has 1 unspecified atom stereocenters. The maximum Gasteiger partial charge on any atom is 0.277 e. The van der Waals surface area contributed by atoms with E-state index in [4.69, 9.17) is 4.84 Å². The fourth-order valence-corrected chi connectivity index (χ4v) is 2.35. The minimum absolute atomic E-state index is 0.0254. The van der Waals surface area contributed by atoms with Crippen LogP contribution in [-0.2, 0) is 19.2 Å². The molecule has 1 N–H and O–H groups in total. The summed E-state index contributed by atoms with van der Waals surface area (Å²) in [6.07, 6.45) is 0.175. The zero-order valence-corrected chi connectivity index (χ0v) is 13.9. The van der Waals surface area contributed by atoms with Gasteiger partial charge in [0.1, 0.15) is 5.60 Å². The topological polar surface area (TPSA) is 83.9 Å². The molecule has 1 rings (SSSR count). The van der Waals surface area contributed by atoms with Gasteiger partial charge in [0, 0.05) is 29.3 Å². The van der Waals surface area contributed by atoms with Gasteiger partial charge in [-0.25, -0.2) is 5.06 Å². The first-order chi connectivity index (χ1) is 10.0. The molecule has 0 aromatic carbocycles. The molecule has 1 aliphatic carbocycles. The first kappa shape index (κ1) is 18.3. The van der Waals surface area contributed by atoms with Crippen LogP contribution in [0.1, 0.15) is 40.5 Å². The molecule has 22 heavy (non-hydrogen) atoms. The van der Waals surface area contributed by atoms with Crippen LogP contribution in [0.2, 0.25) is 0 Å². The van der Waals surface area contributed by atoms with Crippen molar-refractivity contribution >= 4 is 17.5 Å². The summed E-state index contributed by atoms with van der Waals surface area (Å²) in [7, 11) is 2.72. The third kappa shape index (κ3) is 3.34. The number of hydrogen-bond acceptors (Lipinski definition) is 5. The third-order valence-corrected chi connectivity index (χ3v) is 4.19. The molecule has 0 aromatic rings. The van der Waals surface area contributed by atoms with Crippen LogP contribution in [0, 0.1) is 0 Å². The summed E-state index contributed by atoms with van der Waals surface area (Å²) >= 11 is 0. The normalized spacial score (nSPS) is 18.7. The molecular weight excluding hydrogens is 286 g/mol. The maximum atomic E-state index is 12.3. The zero-order chi connectivity index (χ0) is 17.2. The molecular formula is C16H23NO5. The van der Waals surface area contributed by atoms with Crippen LogP contribution in [0.15, 0.2) is 22.3 Å². The Hall–Kier alpha value is -1.79. The van der Waals surface area contributed by atoms with E-state index < -0.39 is 11.5 Å². The molecule has 0 aromatic heterocycles. The second-order valence-electron chi connectivity index (χ2n) is 5.77. The summed E-state index contributed by atoms with van der Waals surface area (Å²) in [4.78, 5) is 41.1. The average Bonchev–Trinajstić information content (AvgIpc) is 2.49. The first-order valence-corrected chi connectivity index (χ1v) is 7.05. The number of Topliss-reactive ketones (excluding diaryl/α,β-unsaturated/α-hetero) is 2. The highest BCUT2D eigenvalue weighted by Gasteiger charge is 2.35. The van der Waals surface area contributed by atoms with Crippen LogP contribution >= 0.6 is 0 Å². The van der Waals surface area contributed by atoms with Crippen LogP contribution < -0.4 is 0 Å². The summed E-state index contributed by atoms with van der Waals surface area (Å²) in [5.41, 5.74) is -0.0534. The second kappa shape index (κ2) is 6.54. The van der Waals surface area contributed by atoms with Crippen molar-refractivity contribution in [3.8, 4) is 0 Å². The van der Waals surface area contributed by atoms with Crippen LogP contribution in [0.4, 0.5) is 0 Å². The molecule has 0 saturated heterocycles. The van der Waals surface area contributed by atoms with Crippen molar-refractivity contribution < 1.29 is 24.3 Å². The van der Waals surface area contributed by atoms with Gasteiger partial charge in [-0.1, -0.05) is 0 Å². The quantitative estimate of drug-likeness (QED) is 0.612.